The number of nitrogens with one attached hydrogen (secondary N) is 2. The summed E-state index contributed by atoms with van der Waals surface area (Å²) < 4.78 is 13.4. The fourth-order valence-corrected chi connectivity index (χ4v) is 2.03. The van der Waals surface area contributed by atoms with E-state index in [1.165, 1.54) is 6.07 Å². The Morgan fingerprint density at radius 3 is 2.36 bits per heavy atom. The third kappa shape index (κ3) is 7.40. The molecule has 1 atom stereocenters. The quantitative estimate of drug-likeness (QED) is 0.421. The monoisotopic (exact) mass is 422 g/mol. The van der Waals surface area contributed by atoms with Crippen LogP contribution in [0.3, 0.4) is 0 Å². The van der Waals surface area contributed by atoms with Crippen molar-refractivity contribution in [1.29, 1.82) is 0 Å². The van der Waals surface area contributed by atoms with Gasteiger partial charge in [-0.2, -0.15) is 0 Å². The number of nitrogens with zero attached hydrogens (tertiary/aromatic N) is 2. The Kier molecular flexibility index (Phi) is 10.3. The lowest BCUT2D eigenvalue weighted by Crippen LogP contribution is -2.42. The Balaban J connectivity index is 0.00000441. The van der Waals surface area contributed by atoms with E-state index in [4.69, 9.17) is 0 Å². The zero-order valence-corrected chi connectivity index (χ0v) is 16.4. The van der Waals surface area contributed by atoms with Crippen molar-refractivity contribution in [1.82, 2.24) is 15.5 Å². The summed E-state index contributed by atoms with van der Waals surface area (Å²) in [5.41, 5.74) is 0.951. The second kappa shape index (κ2) is 10.8. The number of aliphatic imine (C=N–C) groups is 1. The number of likely N-dealkylation sites (N-methyl/N-ethyl adjacent to an activating group) is 1. The maximum atomic E-state index is 13.4. The molecule has 4 nitrogen and oxygen atoms in total. The van der Waals surface area contributed by atoms with Crippen molar-refractivity contribution in [3.05, 3.63) is 35.6 Å². The van der Waals surface area contributed by atoms with E-state index in [1.54, 1.807) is 19.2 Å². The molecule has 0 saturated heterocycles. The largest absolute Gasteiger partial charge is 0.356 e. The van der Waals surface area contributed by atoms with Gasteiger partial charge in [0.25, 0.3) is 0 Å². The molecule has 1 aromatic carbocycles. The van der Waals surface area contributed by atoms with E-state index in [2.05, 4.69) is 34.4 Å². The molecule has 0 radical (unpaired) electrons. The van der Waals surface area contributed by atoms with E-state index >= 15 is 0 Å². The predicted molar refractivity (Wildman–Crippen MR) is 102 cm³/mol. The first-order valence-corrected chi connectivity index (χ1v) is 7.30. The average Bonchev–Trinajstić information content (AvgIpc) is 2.42. The molecule has 0 heterocycles. The van der Waals surface area contributed by atoms with Gasteiger partial charge in [-0.05, 0) is 37.7 Å². The fraction of sp³-hybridized carbons (Fsp3) is 0.562. The lowest BCUT2D eigenvalue weighted by molar-refractivity contribution is 0.297. The highest BCUT2D eigenvalue weighted by molar-refractivity contribution is 14.0. The first-order chi connectivity index (χ1) is 9.93. The molecule has 6 heteroatoms. The standard InChI is InChI=1S/C16H27FN4.HI/c1-12(2)10-19-16(18-3)20-11-15(21(4)5)13-7-6-8-14(17)9-13;/h6-9,12,15H,10-11H2,1-5H3,(H2,18,19,20);1H. The van der Waals surface area contributed by atoms with Crippen LogP contribution in [0.5, 0.6) is 0 Å². The van der Waals surface area contributed by atoms with Crippen LogP contribution in [0.25, 0.3) is 0 Å². The first-order valence-electron chi connectivity index (χ1n) is 7.30. The number of halogens is 2. The maximum Gasteiger partial charge on any atom is 0.191 e. The molecule has 0 fully saturated rings. The van der Waals surface area contributed by atoms with Crippen LogP contribution >= 0.6 is 24.0 Å². The minimum Gasteiger partial charge on any atom is -0.356 e. The van der Waals surface area contributed by atoms with E-state index in [9.17, 15) is 4.39 Å². The molecule has 0 saturated carbocycles. The highest BCUT2D eigenvalue weighted by Crippen LogP contribution is 2.18. The Hall–Kier alpha value is -0.890. The Bertz CT molecular complexity index is 463. The van der Waals surface area contributed by atoms with Crippen molar-refractivity contribution in [3.8, 4) is 0 Å². The second-order valence-corrected chi connectivity index (χ2v) is 5.76. The Labute approximate surface area is 150 Å². The number of benzene rings is 1. The van der Waals surface area contributed by atoms with Gasteiger partial charge in [0.1, 0.15) is 5.82 Å². The van der Waals surface area contributed by atoms with Gasteiger partial charge in [0.2, 0.25) is 0 Å². The van der Waals surface area contributed by atoms with Crippen LogP contribution in [0.2, 0.25) is 0 Å². The molecule has 0 amide bonds. The molecule has 1 unspecified atom stereocenters. The molecule has 0 aliphatic rings. The zero-order chi connectivity index (χ0) is 15.8. The van der Waals surface area contributed by atoms with Gasteiger partial charge >= 0.3 is 0 Å². The summed E-state index contributed by atoms with van der Waals surface area (Å²) in [4.78, 5) is 6.27. The minimum absolute atomic E-state index is 0. The van der Waals surface area contributed by atoms with Crippen LogP contribution < -0.4 is 10.6 Å². The van der Waals surface area contributed by atoms with E-state index in [0.717, 1.165) is 18.1 Å². The van der Waals surface area contributed by atoms with Crippen molar-refractivity contribution in [2.45, 2.75) is 19.9 Å². The summed E-state index contributed by atoms with van der Waals surface area (Å²) in [6.07, 6.45) is 0. The minimum atomic E-state index is -0.207. The number of guanidine groups is 1. The zero-order valence-electron chi connectivity index (χ0n) is 14.1. The topological polar surface area (TPSA) is 39.7 Å². The second-order valence-electron chi connectivity index (χ2n) is 5.76. The summed E-state index contributed by atoms with van der Waals surface area (Å²) in [7, 11) is 5.73. The van der Waals surface area contributed by atoms with Crippen molar-refractivity contribution in [2.24, 2.45) is 10.9 Å². The van der Waals surface area contributed by atoms with Crippen molar-refractivity contribution in [2.75, 3.05) is 34.2 Å². The number of hydrogen-bond acceptors (Lipinski definition) is 2. The van der Waals surface area contributed by atoms with Crippen molar-refractivity contribution < 1.29 is 4.39 Å². The summed E-state index contributed by atoms with van der Waals surface area (Å²) >= 11 is 0. The number of hydrogen-bond donors (Lipinski definition) is 2. The molecular weight excluding hydrogens is 394 g/mol. The predicted octanol–water partition coefficient (Wildman–Crippen LogP) is 2.87. The molecule has 0 bridgehead atoms. The molecule has 0 aliphatic carbocycles. The highest BCUT2D eigenvalue weighted by Gasteiger charge is 2.15. The molecular formula is C16H28FIN4. The van der Waals surface area contributed by atoms with E-state index in [-0.39, 0.29) is 35.8 Å². The third-order valence-electron chi connectivity index (χ3n) is 3.22. The van der Waals surface area contributed by atoms with Crippen LogP contribution in [0, 0.1) is 11.7 Å². The molecule has 126 valence electrons. The van der Waals surface area contributed by atoms with Gasteiger partial charge in [-0.25, -0.2) is 4.39 Å². The third-order valence-corrected chi connectivity index (χ3v) is 3.22. The van der Waals surface area contributed by atoms with Crippen LogP contribution in [-0.4, -0.2) is 45.1 Å². The molecule has 0 spiro atoms. The van der Waals surface area contributed by atoms with Gasteiger partial charge in [0.15, 0.2) is 5.96 Å². The van der Waals surface area contributed by atoms with E-state index in [0.29, 0.717) is 12.5 Å². The Morgan fingerprint density at radius 2 is 1.86 bits per heavy atom. The van der Waals surface area contributed by atoms with Gasteiger partial charge in [-0.3, -0.25) is 4.99 Å². The average molecular weight is 422 g/mol. The summed E-state index contributed by atoms with van der Waals surface area (Å²) in [6, 6.07) is 6.81. The molecule has 2 N–H and O–H groups in total. The van der Waals surface area contributed by atoms with E-state index < -0.39 is 0 Å². The van der Waals surface area contributed by atoms with Crippen LogP contribution in [0.15, 0.2) is 29.3 Å². The van der Waals surface area contributed by atoms with Gasteiger partial charge in [0.05, 0.1) is 6.04 Å². The SMILES string of the molecule is CN=C(NCC(C)C)NCC(c1cccc(F)c1)N(C)C.I. The summed E-state index contributed by atoms with van der Waals surface area (Å²) in [5, 5.41) is 6.57. The normalized spacial score (nSPS) is 13.0. The smallest absolute Gasteiger partial charge is 0.191 e. The number of rotatable bonds is 6. The molecule has 0 aromatic heterocycles. The Morgan fingerprint density at radius 1 is 1.23 bits per heavy atom. The maximum absolute atomic E-state index is 13.4. The molecule has 22 heavy (non-hydrogen) atoms. The molecule has 1 rings (SSSR count). The van der Waals surface area contributed by atoms with Gasteiger partial charge in [0, 0.05) is 20.1 Å². The fourth-order valence-electron chi connectivity index (χ4n) is 2.03. The molecule has 0 aliphatic heterocycles. The van der Waals surface area contributed by atoms with Crippen molar-refractivity contribution in [3.63, 3.8) is 0 Å². The van der Waals surface area contributed by atoms with Gasteiger partial charge in [-0.1, -0.05) is 26.0 Å². The molecule has 1 aromatic rings. The summed E-state index contributed by atoms with van der Waals surface area (Å²) in [6.45, 7) is 5.83. The van der Waals surface area contributed by atoms with E-state index in [1.807, 2.05) is 20.2 Å². The van der Waals surface area contributed by atoms with Crippen LogP contribution in [0.4, 0.5) is 4.39 Å². The van der Waals surface area contributed by atoms with Crippen molar-refractivity contribution >= 4 is 29.9 Å². The highest BCUT2D eigenvalue weighted by atomic mass is 127. The van der Waals surface area contributed by atoms with Gasteiger partial charge < -0.3 is 15.5 Å². The van der Waals surface area contributed by atoms with Gasteiger partial charge in [-0.15, -0.1) is 24.0 Å². The lowest BCUT2D eigenvalue weighted by Gasteiger charge is -2.26. The first kappa shape index (κ1) is 21.1. The lowest BCUT2D eigenvalue weighted by atomic mass is 10.1. The van der Waals surface area contributed by atoms with Crippen LogP contribution in [-0.2, 0) is 0 Å². The summed E-state index contributed by atoms with van der Waals surface area (Å²) in [5.74, 6) is 1.12. The van der Waals surface area contributed by atoms with Crippen LogP contribution in [0.1, 0.15) is 25.5 Å².